The fourth-order valence-electron chi connectivity index (χ4n) is 1.32. The van der Waals surface area contributed by atoms with E-state index in [0.717, 1.165) is 4.90 Å². The Morgan fingerprint density at radius 1 is 1.53 bits per heavy atom. The summed E-state index contributed by atoms with van der Waals surface area (Å²) in [6.45, 7) is 0.634. The van der Waals surface area contributed by atoms with E-state index in [4.69, 9.17) is 0 Å². The maximum Gasteiger partial charge on any atom is 0.406 e. The first-order chi connectivity index (χ1) is 6.85. The summed E-state index contributed by atoms with van der Waals surface area (Å²) in [5, 5.41) is 0. The molecule has 1 unspecified atom stereocenters. The number of hydrogen-bond acceptors (Lipinski definition) is 1. The van der Waals surface area contributed by atoms with Crippen molar-refractivity contribution in [2.45, 2.75) is 43.2 Å². The summed E-state index contributed by atoms with van der Waals surface area (Å²) in [4.78, 5) is 12.1. The topological polar surface area (TPSA) is 20.3 Å². The van der Waals surface area contributed by atoms with Crippen LogP contribution >= 0.6 is 15.9 Å². The molecule has 0 radical (unpaired) electrons. The maximum absolute atomic E-state index is 12.2. The van der Waals surface area contributed by atoms with Crippen LogP contribution in [-0.2, 0) is 4.79 Å². The number of hydrogen-bond donors (Lipinski definition) is 0. The van der Waals surface area contributed by atoms with Crippen molar-refractivity contribution in [3.8, 4) is 0 Å². The standard InChI is InChI=1S/C9H13BrF3NO/c1-2-7(10)8(15)14(6-3-4-6)5-9(11,12)13/h6-7H,2-5H2,1H3. The molecular weight excluding hydrogens is 275 g/mol. The smallest absolute Gasteiger partial charge is 0.330 e. The van der Waals surface area contributed by atoms with E-state index in [1.807, 2.05) is 0 Å². The third-order valence-electron chi connectivity index (χ3n) is 2.25. The largest absolute Gasteiger partial charge is 0.406 e. The second-order valence-electron chi connectivity index (χ2n) is 3.69. The number of halogens is 4. The van der Waals surface area contributed by atoms with Crippen LogP contribution in [0.2, 0.25) is 0 Å². The lowest BCUT2D eigenvalue weighted by Crippen LogP contribution is -2.43. The van der Waals surface area contributed by atoms with Crippen molar-refractivity contribution in [1.82, 2.24) is 4.90 Å². The van der Waals surface area contributed by atoms with Gasteiger partial charge in [-0.1, -0.05) is 22.9 Å². The molecule has 0 heterocycles. The van der Waals surface area contributed by atoms with Gasteiger partial charge in [0.2, 0.25) is 5.91 Å². The van der Waals surface area contributed by atoms with Gasteiger partial charge in [-0.25, -0.2) is 0 Å². The summed E-state index contributed by atoms with van der Waals surface area (Å²) in [6, 6.07) is -0.203. The summed E-state index contributed by atoms with van der Waals surface area (Å²) in [5.74, 6) is -0.447. The van der Waals surface area contributed by atoms with Gasteiger partial charge in [0.25, 0.3) is 0 Å². The molecule has 0 spiro atoms. The molecule has 1 aliphatic carbocycles. The van der Waals surface area contributed by atoms with E-state index in [-0.39, 0.29) is 6.04 Å². The third kappa shape index (κ3) is 4.01. The van der Waals surface area contributed by atoms with Crippen LogP contribution in [0.25, 0.3) is 0 Å². The highest BCUT2D eigenvalue weighted by Gasteiger charge is 2.41. The highest BCUT2D eigenvalue weighted by Crippen LogP contribution is 2.31. The summed E-state index contributed by atoms with van der Waals surface area (Å²) in [5.41, 5.74) is 0. The van der Waals surface area contributed by atoms with E-state index in [1.165, 1.54) is 0 Å². The molecule has 1 rings (SSSR count). The fraction of sp³-hybridized carbons (Fsp3) is 0.889. The predicted molar refractivity (Wildman–Crippen MR) is 53.8 cm³/mol. The Balaban J connectivity index is 2.61. The lowest BCUT2D eigenvalue weighted by atomic mass is 10.3. The van der Waals surface area contributed by atoms with Gasteiger partial charge in [-0.15, -0.1) is 0 Å². The predicted octanol–water partition coefficient (Wildman–Crippen LogP) is 2.71. The first kappa shape index (κ1) is 12.8. The molecule has 0 aromatic heterocycles. The zero-order valence-corrected chi connectivity index (χ0v) is 9.94. The molecular formula is C9H13BrF3NO. The summed E-state index contributed by atoms with van der Waals surface area (Å²) >= 11 is 3.09. The molecule has 0 bridgehead atoms. The highest BCUT2D eigenvalue weighted by atomic mass is 79.9. The van der Waals surface area contributed by atoms with Crippen LogP contribution in [0.1, 0.15) is 26.2 Å². The first-order valence-electron chi connectivity index (χ1n) is 4.86. The third-order valence-corrected chi connectivity index (χ3v) is 3.29. The van der Waals surface area contributed by atoms with E-state index in [2.05, 4.69) is 15.9 Å². The molecule has 6 heteroatoms. The van der Waals surface area contributed by atoms with E-state index in [9.17, 15) is 18.0 Å². The number of alkyl halides is 4. The van der Waals surface area contributed by atoms with Crippen molar-refractivity contribution in [2.24, 2.45) is 0 Å². The van der Waals surface area contributed by atoms with E-state index < -0.39 is 23.5 Å². The quantitative estimate of drug-likeness (QED) is 0.728. The Labute approximate surface area is 94.9 Å². The SMILES string of the molecule is CCC(Br)C(=O)N(CC(F)(F)F)C1CC1. The van der Waals surface area contributed by atoms with E-state index in [0.29, 0.717) is 19.3 Å². The molecule has 0 aliphatic heterocycles. The minimum Gasteiger partial charge on any atom is -0.330 e. The molecule has 0 aromatic carbocycles. The molecule has 1 amide bonds. The molecule has 0 aromatic rings. The van der Waals surface area contributed by atoms with Crippen LogP contribution in [0.3, 0.4) is 0 Å². The lowest BCUT2D eigenvalue weighted by Gasteiger charge is -2.25. The number of carbonyl (C=O) groups excluding carboxylic acids is 1. The van der Waals surface area contributed by atoms with Crippen LogP contribution in [0.4, 0.5) is 13.2 Å². The van der Waals surface area contributed by atoms with Gasteiger partial charge >= 0.3 is 6.18 Å². The average Bonchev–Trinajstić information content (AvgIpc) is 2.93. The number of amides is 1. The van der Waals surface area contributed by atoms with Crippen LogP contribution in [-0.4, -0.2) is 34.4 Å². The van der Waals surface area contributed by atoms with Gasteiger partial charge in [0, 0.05) is 6.04 Å². The minimum atomic E-state index is -4.31. The van der Waals surface area contributed by atoms with Crippen molar-refractivity contribution < 1.29 is 18.0 Å². The van der Waals surface area contributed by atoms with Crippen molar-refractivity contribution in [3.63, 3.8) is 0 Å². The Morgan fingerprint density at radius 3 is 2.40 bits per heavy atom. The molecule has 1 saturated carbocycles. The second-order valence-corrected chi connectivity index (χ2v) is 4.79. The van der Waals surface area contributed by atoms with Gasteiger partial charge in [-0.2, -0.15) is 13.2 Å². The summed E-state index contributed by atoms with van der Waals surface area (Å²) < 4.78 is 36.6. The van der Waals surface area contributed by atoms with Crippen molar-refractivity contribution in [2.75, 3.05) is 6.54 Å². The van der Waals surface area contributed by atoms with E-state index in [1.54, 1.807) is 6.92 Å². The Kier molecular flexibility index (Phi) is 4.03. The van der Waals surface area contributed by atoms with Crippen molar-refractivity contribution in [1.29, 1.82) is 0 Å². The number of nitrogens with zero attached hydrogens (tertiary/aromatic N) is 1. The Bertz CT molecular complexity index is 240. The monoisotopic (exact) mass is 287 g/mol. The van der Waals surface area contributed by atoms with E-state index >= 15 is 0 Å². The maximum atomic E-state index is 12.2. The molecule has 2 nitrogen and oxygen atoms in total. The number of rotatable bonds is 4. The molecule has 15 heavy (non-hydrogen) atoms. The lowest BCUT2D eigenvalue weighted by molar-refractivity contribution is -0.162. The van der Waals surface area contributed by atoms with Gasteiger partial charge in [-0.05, 0) is 19.3 Å². The summed E-state index contributed by atoms with van der Waals surface area (Å²) in [7, 11) is 0. The normalized spacial score (nSPS) is 18.7. The van der Waals surface area contributed by atoms with Gasteiger partial charge in [0.15, 0.2) is 0 Å². The zero-order valence-electron chi connectivity index (χ0n) is 8.35. The fourth-order valence-corrected chi connectivity index (χ4v) is 1.58. The molecule has 1 aliphatic rings. The Hall–Kier alpha value is -0.260. The van der Waals surface area contributed by atoms with Gasteiger partial charge < -0.3 is 4.90 Å². The van der Waals surface area contributed by atoms with Gasteiger partial charge in [0.1, 0.15) is 6.54 Å². The van der Waals surface area contributed by atoms with Crippen LogP contribution < -0.4 is 0 Å². The Morgan fingerprint density at radius 2 is 2.07 bits per heavy atom. The van der Waals surface area contributed by atoms with Crippen LogP contribution in [0.15, 0.2) is 0 Å². The van der Waals surface area contributed by atoms with Crippen molar-refractivity contribution in [3.05, 3.63) is 0 Å². The molecule has 88 valence electrons. The van der Waals surface area contributed by atoms with Crippen LogP contribution in [0.5, 0.6) is 0 Å². The zero-order chi connectivity index (χ0) is 11.6. The average molecular weight is 288 g/mol. The van der Waals surface area contributed by atoms with Gasteiger partial charge in [0.05, 0.1) is 4.83 Å². The minimum absolute atomic E-state index is 0.203. The molecule has 0 N–H and O–H groups in total. The molecule has 1 atom stereocenters. The highest BCUT2D eigenvalue weighted by molar-refractivity contribution is 9.10. The number of carbonyl (C=O) groups is 1. The first-order valence-corrected chi connectivity index (χ1v) is 5.78. The molecule has 1 fully saturated rings. The molecule has 0 saturated heterocycles. The summed E-state index contributed by atoms with van der Waals surface area (Å²) in [6.07, 6.45) is -2.44. The van der Waals surface area contributed by atoms with Gasteiger partial charge in [-0.3, -0.25) is 4.79 Å². The van der Waals surface area contributed by atoms with Crippen molar-refractivity contribution >= 4 is 21.8 Å². The second kappa shape index (κ2) is 4.72. The van der Waals surface area contributed by atoms with Crippen LogP contribution in [0, 0.1) is 0 Å².